The summed E-state index contributed by atoms with van der Waals surface area (Å²) in [6, 6.07) is 6.91. The lowest BCUT2D eigenvalue weighted by Crippen LogP contribution is -2.07. The molecule has 1 aromatic heterocycles. The molecule has 128 valence electrons. The third-order valence-corrected chi connectivity index (χ3v) is 3.66. The van der Waals surface area contributed by atoms with Crippen molar-refractivity contribution in [3.63, 3.8) is 0 Å². The van der Waals surface area contributed by atoms with E-state index in [9.17, 15) is 23.7 Å². The topological polar surface area (TPSA) is 87.3 Å². The van der Waals surface area contributed by atoms with Gasteiger partial charge in [0.15, 0.2) is 5.69 Å². The van der Waals surface area contributed by atoms with E-state index in [0.29, 0.717) is 5.39 Å². The van der Waals surface area contributed by atoms with Crippen LogP contribution in [0.4, 0.5) is 14.5 Å². The minimum atomic E-state index is -0.784. The van der Waals surface area contributed by atoms with Crippen LogP contribution in [0.3, 0.4) is 0 Å². The van der Waals surface area contributed by atoms with Gasteiger partial charge in [-0.1, -0.05) is 6.07 Å². The number of hydrogen-bond acceptors (Lipinski definition) is 5. The lowest BCUT2D eigenvalue weighted by Gasteiger charge is -2.05. The zero-order chi connectivity index (χ0) is 18.1. The molecule has 0 spiro atoms. The van der Waals surface area contributed by atoms with Crippen LogP contribution in [0.1, 0.15) is 16.1 Å². The van der Waals surface area contributed by atoms with Gasteiger partial charge in [-0.05, 0) is 12.1 Å². The Balaban J connectivity index is 2.16. The molecule has 7 nitrogen and oxygen atoms in total. The number of carbonyl (C=O) groups excluding carboxylic acids is 1. The number of nitro groups is 1. The average molecular weight is 347 g/mol. The standard InChI is InChI=1S/C16H11F2N3O4/c1-25-16(22)15-12-5-4-11(21(23)24)7-14(12)20(19-15)8-9-2-3-10(17)6-13(9)18/h2-7H,8H2,1H3. The van der Waals surface area contributed by atoms with Crippen molar-refractivity contribution >= 4 is 22.6 Å². The van der Waals surface area contributed by atoms with E-state index in [1.54, 1.807) is 0 Å². The third-order valence-electron chi connectivity index (χ3n) is 3.66. The van der Waals surface area contributed by atoms with Gasteiger partial charge >= 0.3 is 5.97 Å². The lowest BCUT2D eigenvalue weighted by atomic mass is 10.1. The van der Waals surface area contributed by atoms with Crippen LogP contribution in [-0.2, 0) is 11.3 Å². The van der Waals surface area contributed by atoms with Crippen molar-refractivity contribution in [2.75, 3.05) is 7.11 Å². The number of hydrogen-bond donors (Lipinski definition) is 0. The number of benzene rings is 2. The Hall–Kier alpha value is -3.36. The molecule has 3 aromatic rings. The molecule has 0 bridgehead atoms. The summed E-state index contributed by atoms with van der Waals surface area (Å²) in [7, 11) is 1.18. The van der Waals surface area contributed by atoms with Crippen molar-refractivity contribution in [2.24, 2.45) is 0 Å². The monoisotopic (exact) mass is 347 g/mol. The second-order valence-corrected chi connectivity index (χ2v) is 5.19. The minimum absolute atomic E-state index is 0.0464. The van der Waals surface area contributed by atoms with Gasteiger partial charge in [0.2, 0.25) is 0 Å². The maximum Gasteiger partial charge on any atom is 0.359 e. The maximum absolute atomic E-state index is 13.9. The van der Waals surface area contributed by atoms with Crippen molar-refractivity contribution in [1.82, 2.24) is 9.78 Å². The number of non-ortho nitro benzene ring substituents is 1. The van der Waals surface area contributed by atoms with Crippen molar-refractivity contribution < 1.29 is 23.2 Å². The summed E-state index contributed by atoms with van der Waals surface area (Å²) < 4.78 is 32.8. The Labute approximate surface area is 139 Å². The number of fused-ring (bicyclic) bond motifs is 1. The van der Waals surface area contributed by atoms with Gasteiger partial charge < -0.3 is 4.74 Å². The summed E-state index contributed by atoms with van der Waals surface area (Å²) in [5, 5.41) is 15.4. The first-order chi connectivity index (χ1) is 11.9. The van der Waals surface area contributed by atoms with E-state index in [4.69, 9.17) is 0 Å². The molecule has 25 heavy (non-hydrogen) atoms. The number of nitro benzene ring substituents is 1. The molecule has 0 aliphatic rings. The van der Waals surface area contributed by atoms with Crippen molar-refractivity contribution in [2.45, 2.75) is 6.54 Å². The molecule has 0 radical (unpaired) electrons. The van der Waals surface area contributed by atoms with Gasteiger partial charge in [0.05, 0.1) is 24.1 Å². The fraction of sp³-hybridized carbons (Fsp3) is 0.125. The summed E-state index contributed by atoms with van der Waals surface area (Å²) in [6.07, 6.45) is 0. The molecule has 0 saturated carbocycles. The fourth-order valence-electron chi connectivity index (χ4n) is 2.46. The highest BCUT2D eigenvalue weighted by molar-refractivity contribution is 6.02. The van der Waals surface area contributed by atoms with Gasteiger partial charge in [0.25, 0.3) is 5.69 Å². The molecule has 0 saturated heterocycles. The molecule has 0 amide bonds. The van der Waals surface area contributed by atoms with E-state index >= 15 is 0 Å². The molecule has 2 aromatic carbocycles. The highest BCUT2D eigenvalue weighted by atomic mass is 19.1. The van der Waals surface area contributed by atoms with Crippen LogP contribution in [-0.4, -0.2) is 27.8 Å². The van der Waals surface area contributed by atoms with Crippen LogP contribution in [0, 0.1) is 21.7 Å². The highest BCUT2D eigenvalue weighted by Crippen LogP contribution is 2.25. The zero-order valence-corrected chi connectivity index (χ0v) is 12.9. The first-order valence-electron chi connectivity index (χ1n) is 7.08. The number of ether oxygens (including phenoxy) is 1. The summed E-state index contributed by atoms with van der Waals surface area (Å²) in [5.41, 5.74) is 0.131. The van der Waals surface area contributed by atoms with Crippen LogP contribution in [0.5, 0.6) is 0 Å². The molecule has 0 atom stereocenters. The highest BCUT2D eigenvalue weighted by Gasteiger charge is 2.21. The number of carbonyl (C=O) groups is 1. The molecular weight excluding hydrogens is 336 g/mol. The smallest absolute Gasteiger partial charge is 0.359 e. The minimum Gasteiger partial charge on any atom is -0.464 e. The summed E-state index contributed by atoms with van der Waals surface area (Å²) in [5.74, 6) is -2.23. The van der Waals surface area contributed by atoms with E-state index in [0.717, 1.165) is 12.1 Å². The number of halogens is 2. The molecule has 0 unspecified atom stereocenters. The lowest BCUT2D eigenvalue weighted by molar-refractivity contribution is -0.384. The summed E-state index contributed by atoms with van der Waals surface area (Å²) >= 11 is 0. The molecule has 0 aliphatic carbocycles. The number of rotatable bonds is 4. The van der Waals surface area contributed by atoms with Crippen LogP contribution in [0.25, 0.3) is 10.9 Å². The van der Waals surface area contributed by atoms with Gasteiger partial charge in [-0.15, -0.1) is 0 Å². The average Bonchev–Trinajstić information content (AvgIpc) is 2.94. The second kappa shape index (κ2) is 6.27. The van der Waals surface area contributed by atoms with E-state index < -0.39 is 22.5 Å². The Bertz CT molecular complexity index is 1000. The third kappa shape index (κ3) is 3.03. The van der Waals surface area contributed by atoms with Crippen molar-refractivity contribution in [1.29, 1.82) is 0 Å². The molecular formula is C16H11F2N3O4. The van der Waals surface area contributed by atoms with Gasteiger partial charge in [-0.3, -0.25) is 14.8 Å². The van der Waals surface area contributed by atoms with E-state index in [1.807, 2.05) is 0 Å². The number of methoxy groups -OCH3 is 1. The molecule has 0 N–H and O–H groups in total. The molecule has 1 heterocycles. The number of esters is 1. The molecule has 0 aliphatic heterocycles. The summed E-state index contributed by atoms with van der Waals surface area (Å²) in [4.78, 5) is 22.3. The predicted octanol–water partition coefficient (Wildman–Crippen LogP) is 3.06. The Morgan fingerprint density at radius 1 is 1.28 bits per heavy atom. The number of nitrogens with zero attached hydrogens (tertiary/aromatic N) is 3. The van der Waals surface area contributed by atoms with Gasteiger partial charge in [0, 0.05) is 29.1 Å². The zero-order valence-electron chi connectivity index (χ0n) is 12.9. The normalized spacial score (nSPS) is 10.8. The Morgan fingerprint density at radius 3 is 2.68 bits per heavy atom. The van der Waals surface area contributed by atoms with Crippen LogP contribution >= 0.6 is 0 Å². The Kier molecular flexibility index (Phi) is 4.14. The fourth-order valence-corrected chi connectivity index (χ4v) is 2.46. The first-order valence-corrected chi connectivity index (χ1v) is 7.08. The van der Waals surface area contributed by atoms with Crippen LogP contribution in [0.15, 0.2) is 36.4 Å². The van der Waals surface area contributed by atoms with Gasteiger partial charge in [-0.25, -0.2) is 13.6 Å². The number of aromatic nitrogens is 2. The van der Waals surface area contributed by atoms with E-state index in [2.05, 4.69) is 9.84 Å². The predicted molar refractivity (Wildman–Crippen MR) is 83.2 cm³/mol. The SMILES string of the molecule is COC(=O)c1nn(Cc2ccc(F)cc2F)c2cc([N+](=O)[O-])ccc12. The maximum atomic E-state index is 13.9. The quantitative estimate of drug-likeness (QED) is 0.411. The summed E-state index contributed by atoms with van der Waals surface area (Å²) in [6.45, 7) is -0.138. The van der Waals surface area contributed by atoms with E-state index in [1.165, 1.54) is 36.1 Å². The Morgan fingerprint density at radius 2 is 2.04 bits per heavy atom. The largest absolute Gasteiger partial charge is 0.464 e. The second-order valence-electron chi connectivity index (χ2n) is 5.19. The van der Waals surface area contributed by atoms with Crippen LogP contribution in [0.2, 0.25) is 0 Å². The molecule has 9 heteroatoms. The first kappa shape index (κ1) is 16.5. The van der Waals surface area contributed by atoms with Gasteiger partial charge in [0.1, 0.15) is 11.6 Å². The van der Waals surface area contributed by atoms with Gasteiger partial charge in [-0.2, -0.15) is 5.10 Å². The van der Waals surface area contributed by atoms with Crippen molar-refractivity contribution in [3.05, 3.63) is 69.4 Å². The molecule has 0 fully saturated rings. The van der Waals surface area contributed by atoms with Crippen LogP contribution < -0.4 is 0 Å². The van der Waals surface area contributed by atoms with E-state index in [-0.39, 0.29) is 29.0 Å². The van der Waals surface area contributed by atoms with Crippen molar-refractivity contribution in [3.8, 4) is 0 Å². The molecule has 3 rings (SSSR count).